The number of esters is 1. The molecule has 0 saturated heterocycles. The number of carbonyl (C=O) groups is 1. The number of ether oxygens (including phenoxy) is 1. The van der Waals surface area contributed by atoms with Crippen LogP contribution in [0.1, 0.15) is 91.7 Å². The van der Waals surface area contributed by atoms with Gasteiger partial charge >= 0.3 is 5.97 Å². The summed E-state index contributed by atoms with van der Waals surface area (Å²) in [6.07, 6.45) is -3.44. The molecule has 0 aromatic heterocycles. The molecule has 10 atom stereocenters. The van der Waals surface area contributed by atoms with Crippen molar-refractivity contribution in [3.05, 3.63) is 0 Å². The van der Waals surface area contributed by atoms with E-state index in [1.807, 2.05) is 6.92 Å². The highest BCUT2D eigenvalue weighted by atomic mass is 16.5. The van der Waals surface area contributed by atoms with Crippen molar-refractivity contribution in [2.24, 2.45) is 46.3 Å². The summed E-state index contributed by atoms with van der Waals surface area (Å²) >= 11 is 0. The third-order valence-corrected chi connectivity index (χ3v) is 9.64. The van der Waals surface area contributed by atoms with Crippen molar-refractivity contribution < 1.29 is 26.6 Å². The number of hydrogen-bond donors (Lipinski definition) is 2. The Labute approximate surface area is 183 Å². The predicted octanol–water partition coefficient (Wildman–Crippen LogP) is 4.57. The van der Waals surface area contributed by atoms with Crippen LogP contribution < -0.4 is 0 Å². The average Bonchev–Trinajstić information content (AvgIpc) is 3.09. The van der Waals surface area contributed by atoms with Gasteiger partial charge in [0.1, 0.15) is 0 Å². The summed E-state index contributed by atoms with van der Waals surface area (Å²) in [7, 11) is 1.41. The molecule has 0 aromatic rings. The lowest BCUT2D eigenvalue weighted by molar-refractivity contribution is -0.174. The van der Waals surface area contributed by atoms with Gasteiger partial charge in [0.25, 0.3) is 0 Å². The summed E-state index contributed by atoms with van der Waals surface area (Å²) in [6, 6.07) is 0. The molecule has 0 spiro atoms. The van der Waals surface area contributed by atoms with Gasteiger partial charge in [0.2, 0.25) is 0 Å². The van der Waals surface area contributed by atoms with Gasteiger partial charge in [-0.3, -0.25) is 4.79 Å². The average molecular weight is 412 g/mol. The number of aliphatic hydroxyl groups is 2. The Morgan fingerprint density at radius 3 is 2.66 bits per heavy atom. The summed E-state index contributed by atoms with van der Waals surface area (Å²) in [5.41, 5.74) is -0.718. The van der Waals surface area contributed by atoms with Gasteiger partial charge in [-0.25, -0.2) is 0 Å². The number of carbonyl (C=O) groups excluding carboxylic acids is 1. The first-order valence-corrected chi connectivity index (χ1v) is 11.5. The fourth-order valence-electron chi connectivity index (χ4n) is 8.02. The molecule has 0 unspecified atom stereocenters. The standard InChI is InChI=1S/C25H42O4/c1-15(5-8-22(28)29-4)18-6-7-19-23-20(10-12-25(18,19)3)24(2)11-9-17(26)13-16(24)14-21(23)27/h15-21,23,26-27H,5-14H2,1-4H3/t15-,16+,17-,18-,19+,20+,21+,23+,24+,25-/m1/s1/i9D2,13D2,17D. The molecule has 0 aromatic carbocycles. The third-order valence-electron chi connectivity index (χ3n) is 9.64. The van der Waals surface area contributed by atoms with E-state index in [0.717, 1.165) is 32.1 Å². The molecule has 0 bridgehead atoms. The maximum atomic E-state index is 11.7. The molecule has 29 heavy (non-hydrogen) atoms. The Morgan fingerprint density at radius 1 is 1.21 bits per heavy atom. The zero-order valence-corrected chi connectivity index (χ0v) is 18.4. The van der Waals surface area contributed by atoms with E-state index in [9.17, 15) is 15.0 Å². The van der Waals surface area contributed by atoms with Gasteiger partial charge in [-0.05, 0) is 104 Å². The molecule has 0 aliphatic heterocycles. The minimum Gasteiger partial charge on any atom is -0.469 e. The van der Waals surface area contributed by atoms with Crippen LogP contribution in [0.2, 0.25) is 0 Å². The highest BCUT2D eigenvalue weighted by Crippen LogP contribution is 2.68. The summed E-state index contributed by atoms with van der Waals surface area (Å²) in [5.74, 6) is -0.00573. The van der Waals surface area contributed by atoms with Crippen LogP contribution in [-0.2, 0) is 9.53 Å². The highest BCUT2D eigenvalue weighted by Gasteiger charge is 2.62. The Bertz CT molecular complexity index is 819. The molecular formula is C25H42O4. The Balaban J connectivity index is 1.63. The lowest BCUT2D eigenvalue weighted by Gasteiger charge is -2.62. The zero-order chi connectivity index (χ0) is 25.5. The Morgan fingerprint density at radius 2 is 1.93 bits per heavy atom. The van der Waals surface area contributed by atoms with Crippen molar-refractivity contribution in [3.8, 4) is 0 Å². The lowest BCUT2D eigenvalue weighted by Crippen LogP contribution is -2.58. The van der Waals surface area contributed by atoms with Crippen LogP contribution in [0.3, 0.4) is 0 Å². The van der Waals surface area contributed by atoms with Crippen molar-refractivity contribution in [1.29, 1.82) is 0 Å². The summed E-state index contributed by atoms with van der Waals surface area (Å²) < 4.78 is 47.2. The molecule has 2 N–H and O–H groups in total. The summed E-state index contributed by atoms with van der Waals surface area (Å²) in [6.45, 7) is 6.48. The van der Waals surface area contributed by atoms with Crippen molar-refractivity contribution in [1.82, 2.24) is 0 Å². The van der Waals surface area contributed by atoms with Crippen LogP contribution in [0.5, 0.6) is 0 Å². The third kappa shape index (κ3) is 3.46. The van der Waals surface area contributed by atoms with Gasteiger partial charge in [-0.15, -0.1) is 0 Å². The van der Waals surface area contributed by atoms with Crippen LogP contribution in [0.4, 0.5) is 0 Å². The number of rotatable bonds is 4. The molecule has 0 radical (unpaired) electrons. The normalized spacial score (nSPS) is 58.8. The van der Waals surface area contributed by atoms with Gasteiger partial charge in [0.15, 0.2) is 0 Å². The largest absolute Gasteiger partial charge is 0.469 e. The zero-order valence-electron chi connectivity index (χ0n) is 23.4. The maximum Gasteiger partial charge on any atom is 0.305 e. The molecule has 4 saturated carbocycles. The van der Waals surface area contributed by atoms with E-state index in [0.29, 0.717) is 18.3 Å². The second kappa shape index (κ2) is 7.82. The fraction of sp³-hybridized carbons (Fsp3) is 0.960. The van der Waals surface area contributed by atoms with Crippen LogP contribution >= 0.6 is 0 Å². The molecule has 166 valence electrons. The number of fused-ring (bicyclic) bond motifs is 5. The summed E-state index contributed by atoms with van der Waals surface area (Å²) in [5, 5.41) is 22.1. The van der Waals surface area contributed by atoms with Crippen molar-refractivity contribution >= 4 is 5.97 Å². The van der Waals surface area contributed by atoms with Crippen LogP contribution in [-0.4, -0.2) is 35.5 Å². The van der Waals surface area contributed by atoms with Crippen molar-refractivity contribution in [3.63, 3.8) is 0 Å². The molecule has 4 heteroatoms. The first-order chi connectivity index (χ1) is 15.5. The van der Waals surface area contributed by atoms with Crippen LogP contribution in [0.25, 0.3) is 0 Å². The second-order valence-corrected chi connectivity index (χ2v) is 10.8. The van der Waals surface area contributed by atoms with Gasteiger partial charge in [0.05, 0.1) is 20.7 Å². The molecule has 0 heterocycles. The lowest BCUT2D eigenvalue weighted by atomic mass is 9.43. The smallest absolute Gasteiger partial charge is 0.305 e. The maximum absolute atomic E-state index is 11.7. The molecule has 4 rings (SSSR count). The Kier molecular flexibility index (Phi) is 4.34. The minimum absolute atomic E-state index is 0.0176. The van der Waals surface area contributed by atoms with Gasteiger partial charge in [-0.2, -0.15) is 0 Å². The minimum atomic E-state index is -2.85. The van der Waals surface area contributed by atoms with E-state index in [1.54, 1.807) is 0 Å². The van der Waals surface area contributed by atoms with E-state index in [1.165, 1.54) is 7.11 Å². The molecule has 4 aliphatic carbocycles. The first-order valence-electron chi connectivity index (χ1n) is 14.0. The first kappa shape index (κ1) is 16.1. The number of aliphatic hydroxyl groups excluding tert-OH is 1. The van der Waals surface area contributed by atoms with E-state index < -0.39 is 36.3 Å². The SMILES string of the molecule is [2H]C1([2H])C[C@@]2(C)[C@H](C[C@H](O)[C@@H]3[C@@H]2CC[C@]2(C)[C@@H]([C@H](C)CCC(=O)OC)CC[C@@H]32)C([2H])([2H])[C@]1([2H])O. The predicted molar refractivity (Wildman–Crippen MR) is 113 cm³/mol. The summed E-state index contributed by atoms with van der Waals surface area (Å²) in [4.78, 5) is 11.7. The molecular weight excluding hydrogens is 364 g/mol. The molecule has 0 amide bonds. The number of methoxy groups -OCH3 is 1. The van der Waals surface area contributed by atoms with Gasteiger partial charge in [-0.1, -0.05) is 20.8 Å². The molecule has 4 fully saturated rings. The van der Waals surface area contributed by atoms with E-state index in [-0.39, 0.29) is 42.0 Å². The van der Waals surface area contributed by atoms with Crippen LogP contribution in [0.15, 0.2) is 0 Å². The quantitative estimate of drug-likeness (QED) is 0.665. The highest BCUT2D eigenvalue weighted by molar-refractivity contribution is 5.69. The number of hydrogen-bond acceptors (Lipinski definition) is 4. The van der Waals surface area contributed by atoms with Gasteiger partial charge in [0, 0.05) is 11.9 Å². The van der Waals surface area contributed by atoms with Crippen molar-refractivity contribution in [2.75, 3.05) is 7.11 Å². The Hall–Kier alpha value is -0.610. The van der Waals surface area contributed by atoms with Crippen LogP contribution in [0, 0.1) is 46.3 Å². The molecule has 4 nitrogen and oxygen atoms in total. The van der Waals surface area contributed by atoms with E-state index in [4.69, 9.17) is 11.6 Å². The van der Waals surface area contributed by atoms with E-state index >= 15 is 0 Å². The second-order valence-electron chi connectivity index (χ2n) is 10.8. The fourth-order valence-corrected chi connectivity index (χ4v) is 8.02. The molecule has 4 aliphatic rings. The monoisotopic (exact) mass is 411 g/mol. The van der Waals surface area contributed by atoms with Gasteiger partial charge < -0.3 is 14.9 Å². The topological polar surface area (TPSA) is 66.8 Å². The van der Waals surface area contributed by atoms with E-state index in [2.05, 4.69) is 13.8 Å². The van der Waals surface area contributed by atoms with Crippen molar-refractivity contribution in [2.45, 2.75) is 97.1 Å².